The third-order valence-corrected chi connectivity index (χ3v) is 3.93. The van der Waals surface area contributed by atoms with E-state index in [-0.39, 0.29) is 5.78 Å². The van der Waals surface area contributed by atoms with Crippen molar-refractivity contribution in [1.29, 1.82) is 0 Å². The Bertz CT molecular complexity index is 439. The Labute approximate surface area is 120 Å². The molecule has 0 unspecified atom stereocenters. The summed E-state index contributed by atoms with van der Waals surface area (Å²) in [5.41, 5.74) is 2.87. The van der Waals surface area contributed by atoms with E-state index in [0.29, 0.717) is 11.0 Å². The predicted octanol–water partition coefficient (Wildman–Crippen LogP) is 4.42. The molecule has 2 nitrogen and oxygen atoms in total. The van der Waals surface area contributed by atoms with Crippen LogP contribution in [0.2, 0.25) is 0 Å². The molecule has 0 radical (unpaired) electrons. The number of ketones is 1. The Kier molecular flexibility index (Phi) is 6.43. The molecular formula is C16H24O2S. The number of aryl methyl sites for hydroxylation is 2. The van der Waals surface area contributed by atoms with Crippen molar-refractivity contribution in [3.8, 4) is 5.75 Å². The lowest BCUT2D eigenvalue weighted by Gasteiger charge is -2.13. The topological polar surface area (TPSA) is 26.3 Å². The molecule has 0 saturated carbocycles. The summed E-state index contributed by atoms with van der Waals surface area (Å²) in [7, 11) is 0. The van der Waals surface area contributed by atoms with Crippen molar-refractivity contribution in [3.63, 3.8) is 0 Å². The summed E-state index contributed by atoms with van der Waals surface area (Å²) < 4.78 is 5.68. The average Bonchev–Trinajstić information content (AvgIpc) is 2.36. The van der Waals surface area contributed by atoms with Gasteiger partial charge in [0, 0.05) is 5.56 Å². The normalized spacial score (nSPS) is 10.8. The molecule has 1 aromatic carbocycles. The van der Waals surface area contributed by atoms with Gasteiger partial charge in [-0.05, 0) is 48.8 Å². The molecule has 0 heterocycles. The van der Waals surface area contributed by atoms with Crippen LogP contribution in [0, 0.1) is 13.8 Å². The zero-order chi connectivity index (χ0) is 14.4. The summed E-state index contributed by atoms with van der Waals surface area (Å²) in [4.78, 5) is 12.2. The van der Waals surface area contributed by atoms with Gasteiger partial charge in [0.15, 0.2) is 5.78 Å². The first-order valence-electron chi connectivity index (χ1n) is 6.84. The van der Waals surface area contributed by atoms with Crippen LogP contribution in [0.1, 0.15) is 48.7 Å². The van der Waals surface area contributed by atoms with Crippen LogP contribution in [0.25, 0.3) is 0 Å². The molecule has 0 aliphatic carbocycles. The zero-order valence-corrected chi connectivity index (χ0v) is 13.4. The number of benzene rings is 1. The van der Waals surface area contributed by atoms with Gasteiger partial charge in [-0.15, -0.1) is 0 Å². The highest BCUT2D eigenvalue weighted by molar-refractivity contribution is 8.00. The van der Waals surface area contributed by atoms with Gasteiger partial charge in [0.1, 0.15) is 5.75 Å². The molecule has 0 aromatic heterocycles. The fourth-order valence-electron chi connectivity index (χ4n) is 1.78. The summed E-state index contributed by atoms with van der Waals surface area (Å²) in [6.45, 7) is 11.0. The first kappa shape index (κ1) is 16.1. The van der Waals surface area contributed by atoms with Gasteiger partial charge in [-0.1, -0.05) is 20.8 Å². The van der Waals surface area contributed by atoms with E-state index in [1.807, 2.05) is 26.0 Å². The Morgan fingerprint density at radius 3 is 2.53 bits per heavy atom. The fraction of sp³-hybridized carbons (Fsp3) is 0.562. The minimum Gasteiger partial charge on any atom is -0.493 e. The minimum absolute atomic E-state index is 0.210. The molecule has 19 heavy (non-hydrogen) atoms. The molecule has 0 aliphatic rings. The molecule has 1 rings (SSSR count). The Balaban J connectivity index is 2.85. The summed E-state index contributed by atoms with van der Waals surface area (Å²) in [5.74, 6) is 1.65. The highest BCUT2D eigenvalue weighted by Gasteiger charge is 2.13. The maximum absolute atomic E-state index is 12.2. The number of rotatable bonds is 7. The van der Waals surface area contributed by atoms with E-state index < -0.39 is 0 Å². The van der Waals surface area contributed by atoms with Crippen molar-refractivity contribution in [2.24, 2.45) is 0 Å². The highest BCUT2D eigenvalue weighted by atomic mass is 32.2. The molecule has 0 saturated heterocycles. The fourth-order valence-corrected chi connectivity index (χ4v) is 2.42. The molecule has 0 aliphatic heterocycles. The van der Waals surface area contributed by atoms with Crippen molar-refractivity contribution >= 4 is 17.5 Å². The Hall–Kier alpha value is -0.960. The van der Waals surface area contributed by atoms with E-state index in [1.54, 1.807) is 11.8 Å². The maximum Gasteiger partial charge on any atom is 0.173 e. The second kappa shape index (κ2) is 7.59. The number of carbonyl (C=O) groups is 1. The van der Waals surface area contributed by atoms with E-state index in [0.717, 1.165) is 35.5 Å². The Morgan fingerprint density at radius 1 is 1.26 bits per heavy atom. The van der Waals surface area contributed by atoms with Gasteiger partial charge in [0.25, 0.3) is 0 Å². The van der Waals surface area contributed by atoms with E-state index in [2.05, 4.69) is 20.8 Å². The van der Waals surface area contributed by atoms with Crippen LogP contribution in [-0.4, -0.2) is 23.4 Å². The highest BCUT2D eigenvalue weighted by Crippen LogP contribution is 2.24. The molecule has 0 N–H and O–H groups in total. The SMILES string of the molecule is CCCOc1cc(C)c(C(=O)CSC(C)C)cc1C. The van der Waals surface area contributed by atoms with Gasteiger partial charge < -0.3 is 4.74 Å². The van der Waals surface area contributed by atoms with Crippen LogP contribution in [0.4, 0.5) is 0 Å². The number of hydrogen-bond donors (Lipinski definition) is 0. The van der Waals surface area contributed by atoms with Gasteiger partial charge in [-0.3, -0.25) is 4.79 Å². The molecular weight excluding hydrogens is 256 g/mol. The minimum atomic E-state index is 0.210. The number of ether oxygens (including phenoxy) is 1. The van der Waals surface area contributed by atoms with E-state index in [4.69, 9.17) is 4.74 Å². The second-order valence-corrected chi connectivity index (χ2v) is 6.63. The number of thioether (sulfide) groups is 1. The summed E-state index contributed by atoms with van der Waals surface area (Å²) in [5, 5.41) is 0.484. The molecule has 106 valence electrons. The van der Waals surface area contributed by atoms with Gasteiger partial charge in [0.2, 0.25) is 0 Å². The predicted molar refractivity (Wildman–Crippen MR) is 83.6 cm³/mol. The molecule has 0 bridgehead atoms. The molecule has 3 heteroatoms. The summed E-state index contributed by atoms with van der Waals surface area (Å²) in [6, 6.07) is 3.95. The van der Waals surface area contributed by atoms with E-state index in [9.17, 15) is 4.79 Å². The van der Waals surface area contributed by atoms with Gasteiger partial charge in [-0.2, -0.15) is 11.8 Å². The lowest BCUT2D eigenvalue weighted by molar-refractivity contribution is 0.102. The number of carbonyl (C=O) groups excluding carboxylic acids is 1. The van der Waals surface area contributed by atoms with Crippen LogP contribution in [-0.2, 0) is 0 Å². The number of Topliss-reactive ketones (excluding diaryl/α,β-unsaturated/α-hetero) is 1. The molecule has 0 amide bonds. The number of hydrogen-bond acceptors (Lipinski definition) is 3. The molecule has 1 aromatic rings. The molecule has 0 atom stereocenters. The van der Waals surface area contributed by atoms with Gasteiger partial charge in [0.05, 0.1) is 12.4 Å². The smallest absolute Gasteiger partial charge is 0.173 e. The zero-order valence-electron chi connectivity index (χ0n) is 12.6. The van der Waals surface area contributed by atoms with Gasteiger partial charge >= 0.3 is 0 Å². The van der Waals surface area contributed by atoms with E-state index >= 15 is 0 Å². The van der Waals surface area contributed by atoms with Crippen molar-refractivity contribution in [3.05, 3.63) is 28.8 Å². The van der Waals surface area contributed by atoms with Crippen LogP contribution in [0.15, 0.2) is 12.1 Å². The molecule has 0 spiro atoms. The second-order valence-electron chi connectivity index (χ2n) is 5.06. The standard InChI is InChI=1S/C16H24O2S/c1-6-7-18-16-9-12(4)14(8-13(16)5)15(17)10-19-11(2)3/h8-9,11H,6-7,10H2,1-5H3. The lowest BCUT2D eigenvalue weighted by Crippen LogP contribution is -2.08. The quantitative estimate of drug-likeness (QED) is 0.692. The first-order chi connectivity index (χ1) is 8.95. The Morgan fingerprint density at radius 2 is 1.95 bits per heavy atom. The van der Waals surface area contributed by atoms with Crippen molar-refractivity contribution in [2.45, 2.75) is 46.3 Å². The van der Waals surface area contributed by atoms with E-state index in [1.165, 1.54) is 0 Å². The van der Waals surface area contributed by atoms with Crippen molar-refractivity contribution < 1.29 is 9.53 Å². The molecule has 0 fully saturated rings. The third-order valence-electron chi connectivity index (χ3n) is 2.83. The third kappa shape index (κ3) is 4.90. The summed E-state index contributed by atoms with van der Waals surface area (Å²) in [6.07, 6.45) is 0.990. The lowest BCUT2D eigenvalue weighted by atomic mass is 10.0. The summed E-state index contributed by atoms with van der Waals surface area (Å²) >= 11 is 1.69. The van der Waals surface area contributed by atoms with Crippen LogP contribution >= 0.6 is 11.8 Å². The van der Waals surface area contributed by atoms with Gasteiger partial charge in [-0.25, -0.2) is 0 Å². The monoisotopic (exact) mass is 280 g/mol. The van der Waals surface area contributed by atoms with Crippen molar-refractivity contribution in [1.82, 2.24) is 0 Å². The van der Waals surface area contributed by atoms with Crippen LogP contribution in [0.3, 0.4) is 0 Å². The van der Waals surface area contributed by atoms with Crippen LogP contribution < -0.4 is 4.74 Å². The maximum atomic E-state index is 12.2. The first-order valence-corrected chi connectivity index (χ1v) is 7.89. The van der Waals surface area contributed by atoms with Crippen molar-refractivity contribution in [2.75, 3.05) is 12.4 Å². The average molecular weight is 280 g/mol. The largest absolute Gasteiger partial charge is 0.493 e. The van der Waals surface area contributed by atoms with Crippen LogP contribution in [0.5, 0.6) is 5.75 Å².